The molecule has 0 bridgehead atoms. The van der Waals surface area contributed by atoms with E-state index in [9.17, 15) is 8.42 Å². The van der Waals surface area contributed by atoms with Crippen LogP contribution in [0.1, 0.15) is 11.9 Å². The Balaban J connectivity index is 2.37. The summed E-state index contributed by atoms with van der Waals surface area (Å²) in [7, 11) is -2.41. The first-order valence-corrected chi connectivity index (χ1v) is 7.01. The Morgan fingerprint density at radius 3 is 2.94 bits per heavy atom. The maximum Gasteiger partial charge on any atom is 0.146 e. The van der Waals surface area contributed by atoms with E-state index in [1.54, 1.807) is 0 Å². The van der Waals surface area contributed by atoms with Crippen LogP contribution in [0.2, 0.25) is 0 Å². The van der Waals surface area contributed by atoms with E-state index in [4.69, 9.17) is 4.74 Å². The van der Waals surface area contributed by atoms with Crippen molar-refractivity contribution in [2.45, 2.75) is 12.7 Å². The van der Waals surface area contributed by atoms with Crippen molar-refractivity contribution >= 4 is 32.3 Å². The molecule has 0 radical (unpaired) electrons. The Labute approximate surface area is 98.8 Å². The van der Waals surface area contributed by atoms with E-state index in [0.717, 1.165) is 16.0 Å². The maximum atomic E-state index is 10.6. The van der Waals surface area contributed by atoms with Crippen LogP contribution in [0.15, 0.2) is 18.2 Å². The number of hydrogen-bond acceptors (Lipinski definition) is 5. The minimum Gasteiger partial charge on any atom is -0.494 e. The van der Waals surface area contributed by atoms with E-state index in [-0.39, 0.29) is 5.75 Å². The normalized spacial score (nSPS) is 11.1. The second-order valence-electron chi connectivity index (χ2n) is 3.16. The van der Waals surface area contributed by atoms with Gasteiger partial charge >= 0.3 is 0 Å². The average Bonchev–Trinajstić information content (AvgIpc) is 2.58. The van der Waals surface area contributed by atoms with E-state index in [2.05, 4.69) is 4.98 Å². The average molecular weight is 257 g/mol. The van der Waals surface area contributed by atoms with Crippen molar-refractivity contribution in [2.75, 3.05) is 6.61 Å². The van der Waals surface area contributed by atoms with Crippen molar-refractivity contribution in [2.24, 2.45) is 0 Å². The monoisotopic (exact) mass is 257 g/mol. The fourth-order valence-corrected chi connectivity index (χ4v) is 3.04. The highest BCUT2D eigenvalue weighted by atomic mass is 32.2. The van der Waals surface area contributed by atoms with Crippen LogP contribution < -0.4 is 4.74 Å². The van der Waals surface area contributed by atoms with Crippen LogP contribution in [-0.2, 0) is 16.5 Å². The maximum absolute atomic E-state index is 10.6. The highest BCUT2D eigenvalue weighted by molar-refractivity contribution is 7.71. The summed E-state index contributed by atoms with van der Waals surface area (Å²) in [5.41, 5.74) is 0.820. The lowest BCUT2D eigenvalue weighted by molar-refractivity contribution is 0.341. The molecule has 4 nitrogen and oxygen atoms in total. The number of nitrogens with zero attached hydrogens (tertiary/aromatic N) is 1. The molecule has 0 amide bonds. The summed E-state index contributed by atoms with van der Waals surface area (Å²) in [6.45, 7) is 2.54. The molecule has 0 saturated carbocycles. The minimum atomic E-state index is -2.41. The van der Waals surface area contributed by atoms with Crippen molar-refractivity contribution in [1.82, 2.24) is 4.98 Å². The molecular weight excluding hydrogens is 246 g/mol. The van der Waals surface area contributed by atoms with Crippen molar-refractivity contribution in [1.29, 1.82) is 0 Å². The molecule has 0 unspecified atom stereocenters. The summed E-state index contributed by atoms with van der Waals surface area (Å²) in [5.74, 6) is 0.801. The smallest absolute Gasteiger partial charge is 0.146 e. The molecule has 0 aliphatic heterocycles. The standard InChI is InChI=1S/C10H11NO3S2/c1-2-14-7-3-4-8-9(5-7)15-10(11-8)6-16(12)13/h3-5,16H,2,6H2,1H3. The van der Waals surface area contributed by atoms with Crippen molar-refractivity contribution in [3.63, 3.8) is 0 Å². The van der Waals surface area contributed by atoms with Crippen molar-refractivity contribution in [3.8, 4) is 5.75 Å². The summed E-state index contributed by atoms with van der Waals surface area (Å²) >= 11 is 1.39. The predicted molar refractivity (Wildman–Crippen MR) is 64.8 cm³/mol. The molecule has 0 N–H and O–H groups in total. The number of benzene rings is 1. The van der Waals surface area contributed by atoms with Gasteiger partial charge in [0.15, 0.2) is 0 Å². The fraction of sp³-hybridized carbons (Fsp3) is 0.300. The number of hydrogen-bond donors (Lipinski definition) is 1. The highest BCUT2D eigenvalue weighted by Crippen LogP contribution is 2.26. The van der Waals surface area contributed by atoms with E-state index < -0.39 is 10.7 Å². The second kappa shape index (κ2) is 4.80. The van der Waals surface area contributed by atoms with Crippen LogP contribution in [0.5, 0.6) is 5.75 Å². The fourth-order valence-electron chi connectivity index (χ4n) is 1.39. The SMILES string of the molecule is CCOc1ccc2nc(C[SH](=O)=O)sc2c1. The molecule has 0 spiro atoms. The molecule has 16 heavy (non-hydrogen) atoms. The summed E-state index contributed by atoms with van der Waals surface area (Å²) < 4.78 is 27.5. The number of ether oxygens (including phenoxy) is 1. The van der Waals surface area contributed by atoms with Gasteiger partial charge in [-0.3, -0.25) is 0 Å². The van der Waals surface area contributed by atoms with Crippen LogP contribution in [0, 0.1) is 0 Å². The molecule has 2 aromatic rings. The summed E-state index contributed by atoms with van der Waals surface area (Å²) in [5, 5.41) is 0.625. The predicted octanol–water partition coefficient (Wildman–Crippen LogP) is 1.81. The Hall–Kier alpha value is -1.14. The molecule has 1 heterocycles. The molecule has 6 heteroatoms. The number of fused-ring (bicyclic) bond motifs is 1. The lowest BCUT2D eigenvalue weighted by Gasteiger charge is -2.00. The van der Waals surface area contributed by atoms with Gasteiger partial charge < -0.3 is 4.74 Å². The largest absolute Gasteiger partial charge is 0.494 e. The van der Waals surface area contributed by atoms with Crippen LogP contribution in [-0.4, -0.2) is 20.0 Å². The Kier molecular flexibility index (Phi) is 3.40. The number of aromatic nitrogens is 1. The number of thiol groups is 1. The van der Waals surface area contributed by atoms with Gasteiger partial charge in [0.1, 0.15) is 21.5 Å². The lowest BCUT2D eigenvalue weighted by Crippen LogP contribution is -1.89. The molecule has 0 aliphatic carbocycles. The first-order valence-electron chi connectivity index (χ1n) is 4.83. The van der Waals surface area contributed by atoms with Gasteiger partial charge in [0.05, 0.1) is 22.6 Å². The van der Waals surface area contributed by atoms with Gasteiger partial charge in [-0.1, -0.05) is 0 Å². The topological polar surface area (TPSA) is 56.3 Å². The highest BCUT2D eigenvalue weighted by Gasteiger charge is 2.05. The third kappa shape index (κ3) is 2.51. The summed E-state index contributed by atoms with van der Waals surface area (Å²) in [6, 6.07) is 5.57. The first-order chi connectivity index (χ1) is 7.69. The van der Waals surface area contributed by atoms with E-state index >= 15 is 0 Å². The molecule has 0 atom stereocenters. The van der Waals surface area contributed by atoms with E-state index in [1.807, 2.05) is 25.1 Å². The van der Waals surface area contributed by atoms with Gasteiger partial charge in [-0.15, -0.1) is 11.3 Å². The van der Waals surface area contributed by atoms with Crippen LogP contribution in [0.4, 0.5) is 0 Å². The molecule has 0 fully saturated rings. The molecule has 1 aromatic carbocycles. The van der Waals surface area contributed by atoms with Crippen molar-refractivity contribution in [3.05, 3.63) is 23.2 Å². The van der Waals surface area contributed by atoms with Crippen LogP contribution >= 0.6 is 11.3 Å². The van der Waals surface area contributed by atoms with Crippen LogP contribution in [0.3, 0.4) is 0 Å². The molecule has 86 valence electrons. The molecule has 0 aliphatic rings. The zero-order valence-corrected chi connectivity index (χ0v) is 10.4. The third-order valence-corrected chi connectivity index (χ3v) is 3.77. The zero-order chi connectivity index (χ0) is 11.5. The lowest BCUT2D eigenvalue weighted by atomic mass is 10.3. The van der Waals surface area contributed by atoms with Gasteiger partial charge in [-0.2, -0.15) is 0 Å². The summed E-state index contributed by atoms with van der Waals surface area (Å²) in [6.07, 6.45) is 0. The number of thiazole rings is 1. The minimum absolute atomic E-state index is 0.0125. The van der Waals surface area contributed by atoms with E-state index in [1.165, 1.54) is 11.3 Å². The molecule has 1 aromatic heterocycles. The quantitative estimate of drug-likeness (QED) is 0.849. The first kappa shape index (κ1) is 11.3. The van der Waals surface area contributed by atoms with Gasteiger partial charge in [0, 0.05) is 0 Å². The zero-order valence-electron chi connectivity index (χ0n) is 8.67. The van der Waals surface area contributed by atoms with Gasteiger partial charge in [-0.05, 0) is 25.1 Å². The van der Waals surface area contributed by atoms with E-state index in [0.29, 0.717) is 11.6 Å². The van der Waals surface area contributed by atoms with Crippen LogP contribution in [0.25, 0.3) is 10.2 Å². The third-order valence-electron chi connectivity index (χ3n) is 1.98. The molecule has 2 rings (SSSR count). The van der Waals surface area contributed by atoms with Crippen molar-refractivity contribution < 1.29 is 13.2 Å². The Morgan fingerprint density at radius 2 is 2.25 bits per heavy atom. The van der Waals surface area contributed by atoms with Gasteiger partial charge in [0.2, 0.25) is 0 Å². The molecule has 0 saturated heterocycles. The van der Waals surface area contributed by atoms with Gasteiger partial charge in [-0.25, -0.2) is 13.4 Å². The summed E-state index contributed by atoms with van der Waals surface area (Å²) in [4.78, 5) is 4.23. The molecular formula is C10H11NO3S2. The number of rotatable bonds is 4. The van der Waals surface area contributed by atoms with Gasteiger partial charge in [0.25, 0.3) is 0 Å². The second-order valence-corrected chi connectivity index (χ2v) is 5.26. The Bertz CT molecular complexity index is 566. The Morgan fingerprint density at radius 1 is 1.44 bits per heavy atom.